The molecule has 1 aliphatic carbocycles. The van der Waals surface area contributed by atoms with E-state index in [1.165, 1.54) is 0 Å². The smallest absolute Gasteiger partial charge is 0.251 e. The second-order valence-electron chi connectivity index (χ2n) is 3.65. The minimum atomic E-state index is -0.0174. The van der Waals surface area contributed by atoms with Crippen molar-refractivity contribution in [3.8, 4) is 0 Å². The molecule has 0 radical (unpaired) electrons. The summed E-state index contributed by atoms with van der Waals surface area (Å²) in [5.74, 6) is -0.0174. The van der Waals surface area contributed by atoms with Gasteiger partial charge < -0.3 is 5.32 Å². The van der Waals surface area contributed by atoms with Crippen LogP contribution in [0.25, 0.3) is 0 Å². The first-order valence-electron chi connectivity index (χ1n) is 4.69. The number of amides is 1. The lowest BCUT2D eigenvalue weighted by atomic mass is 10.1. The second-order valence-corrected chi connectivity index (χ2v) is 4.21. The van der Waals surface area contributed by atoms with E-state index >= 15 is 0 Å². The monoisotopic (exact) mass is 209 g/mol. The summed E-state index contributed by atoms with van der Waals surface area (Å²) in [6, 6.07) is 7.72. The maximum Gasteiger partial charge on any atom is 0.251 e. The number of rotatable bonds is 2. The van der Waals surface area contributed by atoms with Crippen LogP contribution in [-0.4, -0.2) is 17.3 Å². The molecular formula is C11H12ClNO. The molecule has 2 atom stereocenters. The first-order chi connectivity index (χ1) is 6.68. The molecule has 1 aliphatic rings. The van der Waals surface area contributed by atoms with Crippen molar-refractivity contribution in [1.29, 1.82) is 0 Å². The molecule has 0 aromatic heterocycles. The van der Waals surface area contributed by atoms with E-state index in [1.54, 1.807) is 0 Å². The molecule has 0 heterocycles. The Morgan fingerprint density at radius 2 is 2.14 bits per heavy atom. The first kappa shape index (κ1) is 9.53. The van der Waals surface area contributed by atoms with E-state index in [1.807, 2.05) is 31.2 Å². The van der Waals surface area contributed by atoms with Crippen LogP contribution in [0, 0.1) is 6.92 Å². The minimum Gasteiger partial charge on any atom is -0.348 e. The Labute approximate surface area is 88.3 Å². The van der Waals surface area contributed by atoms with E-state index in [0.29, 0.717) is 0 Å². The number of carbonyl (C=O) groups excluding carboxylic acids is 1. The molecule has 1 N–H and O–H groups in total. The van der Waals surface area contributed by atoms with E-state index in [2.05, 4.69) is 5.32 Å². The van der Waals surface area contributed by atoms with Crippen molar-refractivity contribution in [3.05, 3.63) is 35.4 Å². The number of benzene rings is 1. The molecule has 0 spiro atoms. The number of hydrogen-bond acceptors (Lipinski definition) is 1. The van der Waals surface area contributed by atoms with Gasteiger partial charge >= 0.3 is 0 Å². The van der Waals surface area contributed by atoms with Gasteiger partial charge in [0.25, 0.3) is 5.91 Å². The Morgan fingerprint density at radius 3 is 2.71 bits per heavy atom. The fourth-order valence-electron chi connectivity index (χ4n) is 1.39. The van der Waals surface area contributed by atoms with Crippen molar-refractivity contribution in [1.82, 2.24) is 5.32 Å². The van der Waals surface area contributed by atoms with E-state index in [4.69, 9.17) is 11.6 Å². The molecule has 0 aliphatic heterocycles. The number of aryl methyl sites for hydroxylation is 1. The molecule has 1 aromatic carbocycles. The van der Waals surface area contributed by atoms with Gasteiger partial charge in [0.2, 0.25) is 0 Å². The number of alkyl halides is 1. The Morgan fingerprint density at radius 1 is 1.50 bits per heavy atom. The Hall–Kier alpha value is -1.02. The molecule has 1 amide bonds. The van der Waals surface area contributed by atoms with Gasteiger partial charge in [0, 0.05) is 11.6 Å². The SMILES string of the molecule is Cc1ccccc1C(=O)NC1CC1Cl. The Kier molecular flexibility index (Phi) is 2.46. The topological polar surface area (TPSA) is 29.1 Å². The Bertz CT molecular complexity index is 364. The van der Waals surface area contributed by atoms with Gasteiger partial charge in [-0.3, -0.25) is 4.79 Å². The summed E-state index contributed by atoms with van der Waals surface area (Å²) in [5, 5.41) is 3.02. The molecule has 1 fully saturated rings. The van der Waals surface area contributed by atoms with Crippen LogP contribution < -0.4 is 5.32 Å². The summed E-state index contributed by atoms with van der Waals surface area (Å²) in [4.78, 5) is 11.7. The molecular weight excluding hydrogens is 198 g/mol. The highest BCUT2D eigenvalue weighted by molar-refractivity contribution is 6.23. The van der Waals surface area contributed by atoms with Crippen LogP contribution in [0.2, 0.25) is 0 Å². The predicted molar refractivity (Wildman–Crippen MR) is 56.7 cm³/mol. The third-order valence-electron chi connectivity index (χ3n) is 2.42. The normalized spacial score (nSPS) is 24.4. The zero-order chi connectivity index (χ0) is 10.1. The van der Waals surface area contributed by atoms with Gasteiger partial charge in [-0.1, -0.05) is 18.2 Å². The average molecular weight is 210 g/mol. The van der Waals surface area contributed by atoms with Gasteiger partial charge in [-0.05, 0) is 25.0 Å². The zero-order valence-electron chi connectivity index (χ0n) is 7.96. The lowest BCUT2D eigenvalue weighted by Crippen LogP contribution is -2.27. The third kappa shape index (κ3) is 1.90. The maximum atomic E-state index is 11.7. The summed E-state index contributed by atoms with van der Waals surface area (Å²) < 4.78 is 0. The molecule has 14 heavy (non-hydrogen) atoms. The zero-order valence-corrected chi connectivity index (χ0v) is 8.71. The van der Waals surface area contributed by atoms with Crippen molar-refractivity contribution >= 4 is 17.5 Å². The van der Waals surface area contributed by atoms with Crippen molar-refractivity contribution < 1.29 is 4.79 Å². The Balaban J connectivity index is 2.07. The lowest BCUT2D eigenvalue weighted by molar-refractivity contribution is 0.0950. The van der Waals surface area contributed by atoms with Crippen LogP contribution in [0.3, 0.4) is 0 Å². The average Bonchev–Trinajstić information content (AvgIpc) is 2.82. The number of hydrogen-bond donors (Lipinski definition) is 1. The van der Waals surface area contributed by atoms with Crippen LogP contribution >= 0.6 is 11.6 Å². The summed E-state index contributed by atoms with van der Waals surface area (Å²) >= 11 is 5.81. The minimum absolute atomic E-state index is 0.0174. The first-order valence-corrected chi connectivity index (χ1v) is 5.12. The fraction of sp³-hybridized carbons (Fsp3) is 0.364. The summed E-state index contributed by atoms with van der Waals surface area (Å²) in [7, 11) is 0. The predicted octanol–water partition coefficient (Wildman–Crippen LogP) is 2.10. The molecule has 1 saturated carbocycles. The third-order valence-corrected chi connectivity index (χ3v) is 2.90. The number of nitrogens with one attached hydrogen (secondary N) is 1. The van der Waals surface area contributed by atoms with Crippen LogP contribution in [0.4, 0.5) is 0 Å². The van der Waals surface area contributed by atoms with E-state index in [9.17, 15) is 4.79 Å². The lowest BCUT2D eigenvalue weighted by Gasteiger charge is -2.05. The highest BCUT2D eigenvalue weighted by Gasteiger charge is 2.36. The maximum absolute atomic E-state index is 11.7. The summed E-state index contributed by atoms with van der Waals surface area (Å²) in [5.41, 5.74) is 1.74. The van der Waals surface area contributed by atoms with Crippen molar-refractivity contribution in [2.24, 2.45) is 0 Å². The van der Waals surface area contributed by atoms with Gasteiger partial charge in [-0.15, -0.1) is 11.6 Å². The summed E-state index contributed by atoms with van der Waals surface area (Å²) in [6.07, 6.45) is 0.888. The quantitative estimate of drug-likeness (QED) is 0.743. The highest BCUT2D eigenvalue weighted by atomic mass is 35.5. The van der Waals surface area contributed by atoms with Crippen LogP contribution in [0.1, 0.15) is 22.3 Å². The van der Waals surface area contributed by atoms with Gasteiger partial charge in [0.05, 0.1) is 5.38 Å². The highest BCUT2D eigenvalue weighted by Crippen LogP contribution is 2.28. The van der Waals surface area contributed by atoms with Gasteiger partial charge in [0.1, 0.15) is 0 Å². The van der Waals surface area contributed by atoms with E-state index < -0.39 is 0 Å². The largest absolute Gasteiger partial charge is 0.348 e. The van der Waals surface area contributed by atoms with Crippen LogP contribution in [0.5, 0.6) is 0 Å². The molecule has 2 unspecified atom stereocenters. The molecule has 0 saturated heterocycles. The van der Waals surface area contributed by atoms with Crippen molar-refractivity contribution in [2.75, 3.05) is 0 Å². The number of halogens is 1. The van der Waals surface area contributed by atoms with E-state index in [-0.39, 0.29) is 17.3 Å². The van der Waals surface area contributed by atoms with Gasteiger partial charge in [0.15, 0.2) is 0 Å². The number of carbonyl (C=O) groups is 1. The van der Waals surface area contributed by atoms with E-state index in [0.717, 1.165) is 17.5 Å². The fourth-order valence-corrected chi connectivity index (χ4v) is 1.64. The van der Waals surface area contributed by atoms with Gasteiger partial charge in [-0.2, -0.15) is 0 Å². The molecule has 3 heteroatoms. The summed E-state index contributed by atoms with van der Waals surface area (Å²) in [6.45, 7) is 1.93. The second kappa shape index (κ2) is 3.62. The van der Waals surface area contributed by atoms with Crippen molar-refractivity contribution in [2.45, 2.75) is 24.8 Å². The molecule has 1 aromatic rings. The standard InChI is InChI=1S/C11H12ClNO/c1-7-4-2-3-5-8(7)11(14)13-10-6-9(10)12/h2-5,9-10H,6H2,1H3,(H,13,14). The van der Waals surface area contributed by atoms with Crippen LogP contribution in [0.15, 0.2) is 24.3 Å². The molecule has 74 valence electrons. The van der Waals surface area contributed by atoms with Crippen molar-refractivity contribution in [3.63, 3.8) is 0 Å². The molecule has 0 bridgehead atoms. The van der Waals surface area contributed by atoms with Crippen LogP contribution in [-0.2, 0) is 0 Å². The molecule has 2 rings (SSSR count). The molecule has 2 nitrogen and oxygen atoms in total. The van der Waals surface area contributed by atoms with Gasteiger partial charge in [-0.25, -0.2) is 0 Å².